The fourth-order valence-electron chi connectivity index (χ4n) is 15.1. The molecule has 0 aromatic heterocycles. The van der Waals surface area contributed by atoms with E-state index >= 15 is 24.0 Å². The molecule has 7 aromatic carbocycles. The van der Waals surface area contributed by atoms with Crippen LogP contribution in [0.5, 0.6) is 46.0 Å². The second-order valence-electron chi connectivity index (χ2n) is 29.9. The average molecular weight is 1650 g/mol. The summed E-state index contributed by atoms with van der Waals surface area (Å²) in [5.41, 5.74) is 5.34. The molecule has 30 nitrogen and oxygen atoms in total. The van der Waals surface area contributed by atoms with Crippen LogP contribution in [0.4, 0.5) is 0 Å². The second-order valence-corrected chi connectivity index (χ2v) is 31.1. The summed E-state index contributed by atoms with van der Waals surface area (Å²) in [5, 5.41) is 120. The maximum absolute atomic E-state index is 16.4. The van der Waals surface area contributed by atoms with Gasteiger partial charge in [-0.2, -0.15) is 0 Å². The van der Waals surface area contributed by atoms with Gasteiger partial charge in [0.1, 0.15) is 77.4 Å². The van der Waals surface area contributed by atoms with Gasteiger partial charge in [0.05, 0.1) is 40.7 Å². The topological polar surface area (TPSA) is 469 Å². The van der Waals surface area contributed by atoms with Crippen molar-refractivity contribution < 1.29 is 117 Å². The van der Waals surface area contributed by atoms with Crippen LogP contribution in [0.1, 0.15) is 137 Å². The van der Waals surface area contributed by atoms with Crippen LogP contribution >= 0.6 is 34.8 Å². The lowest BCUT2D eigenvalue weighted by molar-refractivity contribution is -0.334. The van der Waals surface area contributed by atoms with Crippen molar-refractivity contribution in [3.63, 3.8) is 0 Å². The number of aliphatic hydroxyl groups excluding tert-OH is 6. The SMILES string of the molecule is CC[C@H](CC(C)C)C(=O)N[C@H]1C(=O)C[C@@H](CC(N)=O)C(=O)N[C@H]2C(=O)C[C@@H]3C(=O)N[C@H](C(=O)N[C@H](OC=O)c4cc(O)cc(O)c4-c4cc3ccc4O)[C@H](O)c3ccc(c(Cl)c3)Oc3cc2cc(c3O[C@@H]2O[C@H](CO)C(O)C(O)[C@H]2O[C@H]2CC(C)(NCc3ccc(-c4ccc(Cl)cc4)cc3)[C@H](O)[C@H](C)O2)Oc2ccc(cc2Cl)[C@H]1O. The highest BCUT2D eigenvalue weighted by Crippen LogP contribution is 2.51. The maximum atomic E-state index is 16.4. The van der Waals surface area contributed by atoms with E-state index in [-0.39, 0.29) is 75.3 Å². The van der Waals surface area contributed by atoms with Gasteiger partial charge in [0.15, 0.2) is 35.5 Å². The molecular weight excluding hydrogens is 1560 g/mol. The molecule has 0 saturated carbocycles. The van der Waals surface area contributed by atoms with Crippen LogP contribution in [-0.2, 0) is 63.8 Å². The van der Waals surface area contributed by atoms with E-state index < -0.39 is 221 Å². The summed E-state index contributed by atoms with van der Waals surface area (Å²) in [6, 6.07) is 23.5. The number of rotatable bonds is 18. The molecule has 14 rings (SSSR count). The van der Waals surface area contributed by atoms with Gasteiger partial charge in [-0.15, -0.1) is 0 Å². The van der Waals surface area contributed by atoms with Crippen molar-refractivity contribution in [3.8, 4) is 68.2 Å². The van der Waals surface area contributed by atoms with E-state index in [1.54, 1.807) is 32.9 Å². The Labute approximate surface area is 674 Å². The van der Waals surface area contributed by atoms with Crippen LogP contribution < -0.4 is 46.5 Å². The van der Waals surface area contributed by atoms with E-state index in [0.717, 1.165) is 59.2 Å². The van der Waals surface area contributed by atoms with Crippen molar-refractivity contribution >= 4 is 82.4 Å². The Morgan fingerprint density at radius 2 is 1.34 bits per heavy atom. The molecule has 0 radical (unpaired) electrons. The molecule has 0 spiro atoms. The molecule has 7 aliphatic heterocycles. The van der Waals surface area contributed by atoms with E-state index in [9.17, 15) is 60.3 Å². The van der Waals surface area contributed by atoms with Gasteiger partial charge in [0, 0.05) is 71.5 Å². The molecule has 11 bridgehead atoms. The van der Waals surface area contributed by atoms with Crippen LogP contribution in [0, 0.1) is 17.8 Å². The molecule has 0 aliphatic carbocycles. The molecule has 2 fully saturated rings. The monoisotopic (exact) mass is 1640 g/mol. The van der Waals surface area contributed by atoms with E-state index in [1.165, 1.54) is 36.4 Å². The van der Waals surface area contributed by atoms with Gasteiger partial charge >= 0.3 is 0 Å². The van der Waals surface area contributed by atoms with Gasteiger partial charge in [-0.3, -0.25) is 38.4 Å². The van der Waals surface area contributed by atoms with Crippen LogP contribution in [0.15, 0.2) is 127 Å². The minimum Gasteiger partial charge on any atom is -0.508 e. The lowest BCUT2D eigenvalue weighted by Crippen LogP contribution is -2.65. The van der Waals surface area contributed by atoms with E-state index in [0.29, 0.717) is 17.9 Å². The third kappa shape index (κ3) is 18.6. The number of ketones is 2. The number of fused-ring (bicyclic) bond motifs is 15. The first-order valence-electron chi connectivity index (χ1n) is 37.1. The number of amides is 5. The minimum atomic E-state index is -2.18. The third-order valence-corrected chi connectivity index (χ3v) is 22.1. The number of phenols is 3. The number of carbonyl (C=O) groups is 8. The average Bonchev–Trinajstić information content (AvgIpc) is 0.765. The smallest absolute Gasteiger partial charge is 0.295 e. The number of primary amides is 1. The number of nitrogens with one attached hydrogen (secondary N) is 5. The maximum Gasteiger partial charge on any atom is 0.295 e. The first-order valence-corrected chi connectivity index (χ1v) is 38.3. The zero-order chi connectivity index (χ0) is 82.8. The molecule has 5 amide bonds. The molecule has 2 saturated heterocycles. The summed E-state index contributed by atoms with van der Waals surface area (Å²) in [5.74, 6) is -16.6. The highest BCUT2D eigenvalue weighted by molar-refractivity contribution is 6.32. The third-order valence-electron chi connectivity index (χ3n) is 21.3. The summed E-state index contributed by atoms with van der Waals surface area (Å²) in [6.07, 6.45) is -21.7. The number of ether oxygens (including phenoxy) is 7. The molecule has 3 unspecified atom stereocenters. The van der Waals surface area contributed by atoms with Crippen molar-refractivity contribution in [1.82, 2.24) is 26.6 Å². The van der Waals surface area contributed by atoms with Crippen molar-refractivity contribution in [1.29, 1.82) is 0 Å². The zero-order valence-electron chi connectivity index (χ0n) is 62.6. The van der Waals surface area contributed by atoms with Crippen molar-refractivity contribution in [3.05, 3.63) is 176 Å². The Kier molecular flexibility index (Phi) is 26.1. The minimum absolute atomic E-state index is 0.0186. The van der Waals surface area contributed by atoms with Crippen LogP contribution in [0.3, 0.4) is 0 Å². The fourth-order valence-corrected chi connectivity index (χ4v) is 15.7. The van der Waals surface area contributed by atoms with Crippen LogP contribution in [-0.4, -0.2) is 167 Å². The van der Waals surface area contributed by atoms with E-state index in [2.05, 4.69) is 26.6 Å². The Morgan fingerprint density at radius 3 is 1.95 bits per heavy atom. The summed E-state index contributed by atoms with van der Waals surface area (Å²) < 4.78 is 45.0. The summed E-state index contributed by atoms with van der Waals surface area (Å²) in [7, 11) is 0. The van der Waals surface area contributed by atoms with Gasteiger partial charge in [-0.05, 0) is 138 Å². The lowest BCUT2D eigenvalue weighted by Gasteiger charge is -2.48. The number of Topliss-reactive ketones (excluding diaryl/α,β-unsaturated/α-hetero) is 2. The number of aliphatic hydroxyl groups is 6. The molecule has 7 aromatic rings. The van der Waals surface area contributed by atoms with Crippen molar-refractivity contribution in [2.45, 2.75) is 177 Å². The van der Waals surface area contributed by atoms with Gasteiger partial charge in [0.25, 0.3) is 6.47 Å². The molecule has 115 heavy (non-hydrogen) atoms. The standard InChI is InChI=1S/C82H87Cl3N6O24/c1-6-39(21-36(2)3)76(105)89-67-56(97)25-46(28-63(86)99)77(106)88-66-45-26-60(111-58-19-14-43(69(67)100)23-52(58)84)73(115-81-74(72(103)71(102)62(34-92)113-81)114-64-32-82(5,75(104)37(4)110-64)87-33-38-7-9-40(10-8-38)41-11-16-47(83)17-12-41)61(27-45)112-59-20-15-44(24-53(59)85)70(101)68-79(108)91-80(109-35-93)51-29-48(94)30-55(96)65(51)50-22-42(13-18-54(50)95)49(31-57(66)98)78(107)90-68/h7-20,22-24,26-27,29-30,35-37,39,46,49,62,64,66-72,74-75,80-81,87,92,94-96,100-104H,6,21,25,28,31-34H2,1-5H3,(H2,86,99)(H,88,106)(H,89,105)(H,90,107)(H,91,108)/t37-,39+,46-,49-,62+,64-,66+,67-,68-,69+,70+,71?,72?,74+,75+,80+,81-,82?/m0/s1. The van der Waals surface area contributed by atoms with Gasteiger partial charge in [-0.25, -0.2) is 0 Å². The molecule has 7 heterocycles. The first kappa shape index (κ1) is 84.4. The Bertz CT molecular complexity index is 4850. The van der Waals surface area contributed by atoms with Gasteiger partial charge in [0.2, 0.25) is 47.8 Å². The fraction of sp³-hybridized carbons (Fsp3) is 0.390. The van der Waals surface area contributed by atoms with E-state index in [1.807, 2.05) is 50.2 Å². The molecule has 18 atom stereocenters. The van der Waals surface area contributed by atoms with Crippen LogP contribution in [0.2, 0.25) is 15.1 Å². The highest BCUT2D eigenvalue weighted by atomic mass is 35.5. The lowest BCUT2D eigenvalue weighted by atomic mass is 9.84. The molecular formula is C82H87Cl3N6O24. The summed E-state index contributed by atoms with van der Waals surface area (Å²) >= 11 is 20.5. The highest BCUT2D eigenvalue weighted by Gasteiger charge is 2.52. The Morgan fingerprint density at radius 1 is 0.704 bits per heavy atom. The normalized spacial score (nSPS) is 27.3. The molecule has 16 N–H and O–H groups in total. The molecule has 610 valence electrons. The van der Waals surface area contributed by atoms with E-state index in [4.69, 9.17) is 73.7 Å². The Hall–Kier alpha value is -10.0. The summed E-state index contributed by atoms with van der Waals surface area (Å²) in [6.45, 7) is 7.99. The second kappa shape index (κ2) is 35.6. The van der Waals surface area contributed by atoms with Gasteiger partial charge < -0.3 is 111 Å². The Balaban J connectivity index is 1.04. The van der Waals surface area contributed by atoms with Crippen molar-refractivity contribution in [2.75, 3.05) is 6.61 Å². The number of nitrogens with two attached hydrogens (primary N) is 1. The zero-order valence-corrected chi connectivity index (χ0v) is 64.9. The van der Waals surface area contributed by atoms with Crippen molar-refractivity contribution in [2.24, 2.45) is 23.5 Å². The number of benzene rings is 7. The number of hydrogen-bond donors (Lipinski definition) is 15. The predicted octanol–water partition coefficient (Wildman–Crippen LogP) is 7.72. The number of halogens is 3. The largest absolute Gasteiger partial charge is 0.508 e. The number of hydrogen-bond acceptors (Lipinski definition) is 25. The predicted molar refractivity (Wildman–Crippen MR) is 412 cm³/mol. The first-order chi connectivity index (χ1) is 54.7. The number of phenolic OH excluding ortho intramolecular Hbond substituents is 3. The van der Waals surface area contributed by atoms with Crippen LogP contribution in [0.25, 0.3) is 22.3 Å². The number of aromatic hydroxyl groups is 3. The molecule has 7 aliphatic rings. The quantitative estimate of drug-likeness (QED) is 0.0365. The van der Waals surface area contributed by atoms with Gasteiger partial charge in [-0.1, -0.05) is 110 Å². The summed E-state index contributed by atoms with van der Waals surface area (Å²) in [4.78, 5) is 118. The molecule has 33 heteroatoms. The number of carbonyl (C=O) groups excluding carboxylic acids is 8.